The largest absolute Gasteiger partial charge is 0.505 e. The Morgan fingerprint density at radius 2 is 1.89 bits per heavy atom. The molecule has 0 aliphatic carbocycles. The quantitative estimate of drug-likeness (QED) is 0.328. The number of nitrogens with zero attached hydrogens (tertiary/aromatic N) is 6. The number of phenols is 1. The number of rotatable bonds is 5. The van der Waals surface area contributed by atoms with Crippen molar-refractivity contribution in [2.75, 3.05) is 11.1 Å². The molecule has 1 aromatic carbocycles. The van der Waals surface area contributed by atoms with Crippen molar-refractivity contribution >= 4 is 23.2 Å². The first-order valence-corrected chi connectivity index (χ1v) is 10.8. The molecular weight excluding hydrogens is 522 g/mol. The number of aryl methyl sites for hydroxylation is 1. The van der Waals surface area contributed by atoms with E-state index in [1.807, 2.05) is 0 Å². The minimum absolute atomic E-state index is 0.0425. The lowest BCUT2D eigenvalue weighted by Crippen LogP contribution is -2.36. The first-order chi connectivity index (χ1) is 17.7. The first-order valence-electron chi connectivity index (χ1n) is 10.8. The van der Waals surface area contributed by atoms with Crippen LogP contribution in [-0.4, -0.2) is 52.7 Å². The van der Waals surface area contributed by atoms with E-state index in [9.17, 15) is 36.2 Å². The Hall–Kier alpha value is -4.50. The number of phenolic OH excluding ortho intramolecular Hbond substituents is 1. The molecule has 0 bridgehead atoms. The number of anilines is 2. The van der Waals surface area contributed by atoms with Crippen LogP contribution in [0.3, 0.4) is 0 Å². The van der Waals surface area contributed by atoms with Crippen LogP contribution in [0.4, 0.5) is 38.0 Å². The average molecular weight is 538 g/mol. The molecule has 1 aliphatic rings. The molecule has 10 nitrogen and oxygen atoms in total. The summed E-state index contributed by atoms with van der Waals surface area (Å²) in [5.41, 5.74) is 4.54. The smallest absolute Gasteiger partial charge is 0.453 e. The van der Waals surface area contributed by atoms with Crippen LogP contribution in [0.15, 0.2) is 30.7 Å². The Morgan fingerprint density at radius 1 is 1.16 bits per heavy atom. The zero-order valence-electron chi connectivity index (χ0n) is 19.2. The van der Waals surface area contributed by atoms with Crippen molar-refractivity contribution in [2.24, 2.45) is 0 Å². The first kappa shape index (κ1) is 25.2. The van der Waals surface area contributed by atoms with E-state index in [-0.39, 0.29) is 45.6 Å². The number of carbonyl (C=O) groups is 1. The van der Waals surface area contributed by atoms with Crippen LogP contribution in [0.2, 0.25) is 0 Å². The van der Waals surface area contributed by atoms with Gasteiger partial charge < -0.3 is 16.2 Å². The maximum Gasteiger partial charge on any atom is 0.453 e. The van der Waals surface area contributed by atoms with Gasteiger partial charge in [-0.1, -0.05) is 6.07 Å². The van der Waals surface area contributed by atoms with Gasteiger partial charge in [0.15, 0.2) is 23.0 Å². The maximum absolute atomic E-state index is 14.1. The van der Waals surface area contributed by atoms with Gasteiger partial charge in [-0.2, -0.15) is 27.1 Å². The van der Waals surface area contributed by atoms with Crippen LogP contribution >= 0.6 is 0 Å². The van der Waals surface area contributed by atoms with Gasteiger partial charge in [0.2, 0.25) is 5.91 Å². The van der Waals surface area contributed by atoms with E-state index in [2.05, 4.69) is 30.4 Å². The Bertz CT molecular complexity index is 1600. The predicted molar refractivity (Wildman–Crippen MR) is 119 cm³/mol. The van der Waals surface area contributed by atoms with Crippen LogP contribution in [0.5, 0.6) is 5.75 Å². The second-order valence-electron chi connectivity index (χ2n) is 8.70. The molecule has 3 aromatic heterocycles. The highest BCUT2D eigenvalue weighted by Crippen LogP contribution is 2.45. The highest BCUT2D eigenvalue weighted by molar-refractivity contribution is 6.09. The van der Waals surface area contributed by atoms with Gasteiger partial charge in [0, 0.05) is 6.42 Å². The number of fused-ring (bicyclic) bond motifs is 2. The summed E-state index contributed by atoms with van der Waals surface area (Å²) >= 11 is 0. The summed E-state index contributed by atoms with van der Waals surface area (Å²) in [6, 6.07) is 3.39. The Morgan fingerprint density at radius 3 is 2.58 bits per heavy atom. The summed E-state index contributed by atoms with van der Waals surface area (Å²) in [5, 5.41) is 15.9. The minimum atomic E-state index is -5.74. The molecule has 1 atom stereocenters. The second-order valence-corrected chi connectivity index (χ2v) is 8.70. The molecule has 0 spiro atoms. The van der Waals surface area contributed by atoms with E-state index >= 15 is 0 Å². The summed E-state index contributed by atoms with van der Waals surface area (Å²) in [7, 11) is 0. The van der Waals surface area contributed by atoms with Crippen molar-refractivity contribution in [3.8, 4) is 17.3 Å². The van der Waals surface area contributed by atoms with Crippen molar-refractivity contribution in [1.82, 2.24) is 29.5 Å². The Labute approximate surface area is 208 Å². The minimum Gasteiger partial charge on any atom is -0.505 e. The molecule has 4 N–H and O–H groups in total. The molecule has 4 aromatic rings. The molecule has 16 heteroatoms. The van der Waals surface area contributed by atoms with Gasteiger partial charge in [0.1, 0.15) is 29.1 Å². The number of carbonyl (C=O) groups excluding carboxylic acids is 1. The molecular formula is C22H16F6N8O2. The third-order valence-corrected chi connectivity index (χ3v) is 6.30. The fraction of sp³-hybridized carbons (Fsp3) is 0.273. The number of nitrogens with one attached hydrogen (secondary N) is 1. The van der Waals surface area contributed by atoms with E-state index in [1.54, 1.807) is 0 Å². The molecule has 5 rings (SSSR count). The van der Waals surface area contributed by atoms with Gasteiger partial charge in [-0.25, -0.2) is 28.8 Å². The van der Waals surface area contributed by atoms with Gasteiger partial charge in [-0.05, 0) is 31.0 Å². The number of aromatic hydroxyl groups is 1. The van der Waals surface area contributed by atoms with Crippen LogP contribution in [0.1, 0.15) is 30.2 Å². The van der Waals surface area contributed by atoms with Gasteiger partial charge in [-0.3, -0.25) is 4.79 Å². The third-order valence-electron chi connectivity index (χ3n) is 6.30. The van der Waals surface area contributed by atoms with Crippen LogP contribution in [0, 0.1) is 5.82 Å². The summed E-state index contributed by atoms with van der Waals surface area (Å²) < 4.78 is 80.2. The van der Waals surface area contributed by atoms with Gasteiger partial charge in [-0.15, -0.1) is 0 Å². The van der Waals surface area contributed by atoms with Crippen LogP contribution in [-0.2, 0) is 16.6 Å². The number of amides is 1. The number of halogens is 6. The van der Waals surface area contributed by atoms with Crippen molar-refractivity contribution in [3.05, 3.63) is 53.4 Å². The number of hydrogen-bond donors (Lipinski definition) is 3. The fourth-order valence-corrected chi connectivity index (χ4v) is 4.20. The molecule has 0 saturated heterocycles. The zero-order valence-corrected chi connectivity index (χ0v) is 19.2. The SMILES string of the molecule is CC1(c2ccc(O)c(F)c2)C(=O)Nc2nc(-c3cn4ncnc4c(CCC(F)(F)C(F)(F)F)n3)nc(N)c21. The fourth-order valence-electron chi connectivity index (χ4n) is 4.20. The standard InChI is InChI=1S/C22H16F6N8O2/c1-20(9-2-3-13(37)10(23)6-9)14-15(29)33-16(34-17(14)35-19(20)38)12-7-36-18(30-8-31-36)11(32-12)4-5-21(24,25)22(26,27)28/h2-3,6-8,37H,4-5H2,1H3,(H3,29,33,34,35,38). The van der Waals surface area contributed by atoms with Crippen molar-refractivity contribution in [3.63, 3.8) is 0 Å². The van der Waals surface area contributed by atoms with Gasteiger partial charge in [0.05, 0.1) is 17.5 Å². The molecule has 1 amide bonds. The number of nitrogen functional groups attached to an aromatic ring is 1. The van der Waals surface area contributed by atoms with Crippen LogP contribution in [0.25, 0.3) is 17.2 Å². The van der Waals surface area contributed by atoms with E-state index in [0.29, 0.717) is 0 Å². The highest BCUT2D eigenvalue weighted by Gasteiger charge is 2.56. The predicted octanol–water partition coefficient (Wildman–Crippen LogP) is 3.40. The molecule has 4 heterocycles. The number of nitrogens with two attached hydrogens (primary N) is 1. The average Bonchev–Trinajstić information content (AvgIpc) is 3.41. The molecule has 198 valence electrons. The lowest BCUT2D eigenvalue weighted by atomic mass is 9.77. The molecule has 0 saturated carbocycles. The van der Waals surface area contributed by atoms with E-state index in [4.69, 9.17) is 5.73 Å². The highest BCUT2D eigenvalue weighted by atomic mass is 19.4. The molecule has 0 radical (unpaired) electrons. The van der Waals surface area contributed by atoms with Crippen LogP contribution < -0.4 is 11.1 Å². The zero-order chi connectivity index (χ0) is 27.6. The normalized spacial score (nSPS) is 17.6. The van der Waals surface area contributed by atoms with Crippen molar-refractivity contribution in [1.29, 1.82) is 0 Å². The Balaban J connectivity index is 1.57. The molecule has 1 aliphatic heterocycles. The maximum atomic E-state index is 14.1. The van der Waals surface area contributed by atoms with Crippen molar-refractivity contribution < 1.29 is 36.2 Å². The lowest BCUT2D eigenvalue weighted by molar-refractivity contribution is -0.284. The molecule has 1 unspecified atom stereocenters. The number of aromatic nitrogens is 6. The Kier molecular flexibility index (Phi) is 5.47. The van der Waals surface area contributed by atoms with E-state index in [0.717, 1.165) is 23.0 Å². The number of hydrogen-bond acceptors (Lipinski definition) is 8. The number of benzene rings is 1. The molecule has 38 heavy (non-hydrogen) atoms. The monoisotopic (exact) mass is 538 g/mol. The topological polar surface area (TPSA) is 144 Å². The molecule has 0 fully saturated rings. The number of alkyl halides is 5. The van der Waals surface area contributed by atoms with Crippen molar-refractivity contribution in [2.45, 2.75) is 37.3 Å². The van der Waals surface area contributed by atoms with Gasteiger partial charge in [0.25, 0.3) is 0 Å². The lowest BCUT2D eigenvalue weighted by Gasteiger charge is -2.23. The van der Waals surface area contributed by atoms with E-state index < -0.39 is 47.8 Å². The third kappa shape index (κ3) is 3.83. The summed E-state index contributed by atoms with van der Waals surface area (Å²) in [4.78, 5) is 29.4. The van der Waals surface area contributed by atoms with E-state index in [1.165, 1.54) is 19.2 Å². The second kappa shape index (κ2) is 8.26. The summed E-state index contributed by atoms with van der Waals surface area (Å²) in [6.07, 6.45) is -5.80. The van der Waals surface area contributed by atoms with Gasteiger partial charge >= 0.3 is 12.1 Å². The summed E-state index contributed by atoms with van der Waals surface area (Å²) in [6.45, 7) is 1.46. The summed E-state index contributed by atoms with van der Waals surface area (Å²) in [5.74, 6) is -7.60.